The largest absolute Gasteiger partial charge is 0.447 e. The minimum atomic E-state index is -1.32. The Kier molecular flexibility index (Phi) is 5.98. The monoisotopic (exact) mass is 394 g/mol. The van der Waals surface area contributed by atoms with E-state index in [0.717, 1.165) is 0 Å². The van der Waals surface area contributed by atoms with Gasteiger partial charge in [-0.15, -0.1) is 0 Å². The van der Waals surface area contributed by atoms with Gasteiger partial charge in [-0.1, -0.05) is 48.5 Å². The van der Waals surface area contributed by atoms with Gasteiger partial charge in [-0.05, 0) is 6.07 Å². The molecule has 3 N–H and O–H groups in total. The number of hydrogen-bond donors (Lipinski definition) is 3. The van der Waals surface area contributed by atoms with E-state index in [2.05, 4.69) is 20.8 Å². The molecule has 0 aliphatic rings. The fourth-order valence-corrected chi connectivity index (χ4v) is 2.76. The lowest BCUT2D eigenvalue weighted by molar-refractivity contribution is -0.155. The number of amides is 3. The second kappa shape index (κ2) is 8.79. The van der Waals surface area contributed by atoms with Crippen LogP contribution in [0, 0.1) is 0 Å². The number of urea groups is 1. The molecule has 0 saturated carbocycles. The van der Waals surface area contributed by atoms with Gasteiger partial charge in [0, 0.05) is 18.0 Å². The molecule has 0 fully saturated rings. The highest BCUT2D eigenvalue weighted by molar-refractivity contribution is 5.98. The van der Waals surface area contributed by atoms with Crippen molar-refractivity contribution in [2.24, 2.45) is 0 Å². The number of nitrogens with one attached hydrogen (secondary N) is 3. The molecule has 1 heterocycles. The molecule has 0 aliphatic carbocycles. The Balaban J connectivity index is 1.84. The van der Waals surface area contributed by atoms with Gasteiger partial charge in [0.2, 0.25) is 6.10 Å². The van der Waals surface area contributed by atoms with Gasteiger partial charge in [-0.3, -0.25) is 19.7 Å². The van der Waals surface area contributed by atoms with Crippen LogP contribution in [0.4, 0.5) is 4.79 Å². The maximum Gasteiger partial charge on any atom is 0.321 e. The Hall–Kier alpha value is -4.01. The molecule has 1 atom stereocenters. The molecular weight excluding hydrogens is 376 g/mol. The number of hydrogen-bond acceptors (Lipinski definition) is 6. The summed E-state index contributed by atoms with van der Waals surface area (Å²) >= 11 is 0. The molecule has 0 spiro atoms. The Morgan fingerprint density at radius 3 is 2.38 bits per heavy atom. The van der Waals surface area contributed by atoms with Crippen molar-refractivity contribution in [3.63, 3.8) is 0 Å². The van der Waals surface area contributed by atoms with E-state index in [1.807, 2.05) is 0 Å². The minimum absolute atomic E-state index is 0.270. The van der Waals surface area contributed by atoms with E-state index in [1.54, 1.807) is 54.6 Å². The molecule has 3 rings (SSSR count). The summed E-state index contributed by atoms with van der Waals surface area (Å²) in [6.45, 7) is 0. The molecule has 0 bridgehead atoms. The molecule has 3 aromatic rings. The highest BCUT2D eigenvalue weighted by Gasteiger charge is 2.27. The van der Waals surface area contributed by atoms with E-state index < -0.39 is 24.0 Å². The van der Waals surface area contributed by atoms with E-state index >= 15 is 0 Å². The lowest BCUT2D eigenvalue weighted by Gasteiger charge is -2.17. The molecule has 148 valence electrons. The molecule has 2 aromatic carbocycles. The lowest BCUT2D eigenvalue weighted by atomic mass is 10.1. The summed E-state index contributed by atoms with van der Waals surface area (Å²) in [5.74, 6) is -1.53. The number of carbonyl (C=O) groups is 3. The first kappa shape index (κ1) is 19.7. The van der Waals surface area contributed by atoms with Gasteiger partial charge >= 0.3 is 12.0 Å². The molecular formula is C20H18N4O5. The average molecular weight is 394 g/mol. The molecule has 0 unspecified atom stereocenters. The van der Waals surface area contributed by atoms with E-state index in [9.17, 15) is 19.2 Å². The van der Waals surface area contributed by atoms with Crippen LogP contribution in [0.15, 0.2) is 59.4 Å². The Morgan fingerprint density at radius 1 is 1.03 bits per heavy atom. The quantitative estimate of drug-likeness (QED) is 0.558. The maximum absolute atomic E-state index is 12.5. The predicted octanol–water partition coefficient (Wildman–Crippen LogP) is 1.21. The van der Waals surface area contributed by atoms with Gasteiger partial charge in [0.05, 0.1) is 17.5 Å². The molecule has 0 aliphatic heterocycles. The molecule has 1 aromatic heterocycles. The Labute approximate surface area is 165 Å². The molecule has 29 heavy (non-hydrogen) atoms. The fourth-order valence-electron chi connectivity index (χ4n) is 2.76. The summed E-state index contributed by atoms with van der Waals surface area (Å²) in [6, 6.07) is 14.3. The topological polar surface area (TPSA) is 130 Å². The van der Waals surface area contributed by atoms with Crippen LogP contribution in [0.1, 0.15) is 17.4 Å². The van der Waals surface area contributed by atoms with Crippen LogP contribution in [0.25, 0.3) is 10.8 Å². The fraction of sp³-hybridized carbons (Fsp3) is 0.150. The van der Waals surface area contributed by atoms with Gasteiger partial charge < -0.3 is 10.1 Å². The number of rotatable bonds is 5. The number of benzene rings is 2. The summed E-state index contributed by atoms with van der Waals surface area (Å²) < 4.78 is 5.36. The second-order valence-corrected chi connectivity index (χ2v) is 6.07. The minimum Gasteiger partial charge on any atom is -0.447 e. The zero-order valence-corrected chi connectivity index (χ0v) is 15.5. The van der Waals surface area contributed by atoms with E-state index in [1.165, 1.54) is 7.05 Å². The van der Waals surface area contributed by atoms with Crippen molar-refractivity contribution < 1.29 is 19.1 Å². The van der Waals surface area contributed by atoms with Crippen LogP contribution in [0.5, 0.6) is 0 Å². The first-order chi connectivity index (χ1) is 14.0. The number of ether oxygens (including phenoxy) is 1. The maximum atomic E-state index is 12.5. The van der Waals surface area contributed by atoms with Crippen molar-refractivity contribution in [1.82, 2.24) is 20.8 Å². The third-order valence-electron chi connectivity index (χ3n) is 4.14. The van der Waals surface area contributed by atoms with Gasteiger partial charge in [-0.25, -0.2) is 9.89 Å². The average Bonchev–Trinajstić information content (AvgIpc) is 2.74. The van der Waals surface area contributed by atoms with Crippen molar-refractivity contribution in [2.75, 3.05) is 7.05 Å². The summed E-state index contributed by atoms with van der Waals surface area (Å²) in [6.07, 6.45) is -1.59. The summed E-state index contributed by atoms with van der Waals surface area (Å²) in [7, 11) is 1.36. The third kappa shape index (κ3) is 4.64. The number of fused-ring (bicyclic) bond motifs is 1. The van der Waals surface area contributed by atoms with Gasteiger partial charge in [-0.2, -0.15) is 5.10 Å². The molecule has 3 amide bonds. The number of H-pyrrole nitrogens is 1. The number of aromatic amines is 1. The van der Waals surface area contributed by atoms with Crippen LogP contribution in [0.3, 0.4) is 0 Å². The predicted molar refractivity (Wildman–Crippen MR) is 104 cm³/mol. The summed E-state index contributed by atoms with van der Waals surface area (Å²) in [5, 5.41) is 11.5. The van der Waals surface area contributed by atoms with Crippen molar-refractivity contribution in [3.8, 4) is 0 Å². The zero-order valence-electron chi connectivity index (χ0n) is 15.5. The first-order valence-electron chi connectivity index (χ1n) is 8.73. The Bertz CT molecular complexity index is 1110. The van der Waals surface area contributed by atoms with Crippen molar-refractivity contribution in [3.05, 3.63) is 76.2 Å². The lowest BCUT2D eigenvalue weighted by Crippen LogP contribution is -2.41. The van der Waals surface area contributed by atoms with Crippen LogP contribution in [-0.2, 0) is 20.7 Å². The van der Waals surface area contributed by atoms with Crippen LogP contribution in [-0.4, -0.2) is 35.2 Å². The van der Waals surface area contributed by atoms with Crippen LogP contribution >= 0.6 is 0 Å². The highest BCUT2D eigenvalue weighted by Crippen LogP contribution is 2.20. The van der Waals surface area contributed by atoms with Gasteiger partial charge in [0.15, 0.2) is 0 Å². The highest BCUT2D eigenvalue weighted by atomic mass is 16.5. The zero-order chi connectivity index (χ0) is 20.8. The van der Waals surface area contributed by atoms with Crippen molar-refractivity contribution in [1.29, 1.82) is 0 Å². The molecule has 0 radical (unpaired) electrons. The summed E-state index contributed by atoms with van der Waals surface area (Å²) in [5.41, 5.74) is 0.343. The number of imide groups is 1. The van der Waals surface area contributed by atoms with Crippen molar-refractivity contribution >= 4 is 28.7 Å². The van der Waals surface area contributed by atoms with Crippen LogP contribution in [0.2, 0.25) is 0 Å². The SMILES string of the molecule is CNC(=O)NC(=O)[C@H](OC(=O)Cc1n[nH]c(=O)c2ccccc12)c1ccccc1. The molecule has 0 saturated heterocycles. The number of carbonyl (C=O) groups excluding carboxylic acids is 3. The first-order valence-corrected chi connectivity index (χ1v) is 8.73. The Morgan fingerprint density at radius 2 is 1.69 bits per heavy atom. The second-order valence-electron chi connectivity index (χ2n) is 6.07. The van der Waals surface area contributed by atoms with E-state index in [4.69, 9.17) is 4.74 Å². The number of esters is 1. The molecule has 9 nitrogen and oxygen atoms in total. The van der Waals surface area contributed by atoms with Crippen molar-refractivity contribution in [2.45, 2.75) is 12.5 Å². The number of aromatic nitrogens is 2. The normalized spacial score (nSPS) is 11.5. The van der Waals surface area contributed by atoms with Gasteiger partial charge in [0.1, 0.15) is 0 Å². The van der Waals surface area contributed by atoms with Gasteiger partial charge in [0.25, 0.3) is 11.5 Å². The van der Waals surface area contributed by atoms with E-state index in [-0.39, 0.29) is 12.0 Å². The standard InChI is InChI=1S/C20H18N4O5/c1-21-20(28)22-19(27)17(12-7-3-2-4-8-12)29-16(25)11-15-13-9-5-6-10-14(13)18(26)24-23-15/h2-10,17H,11H2,1H3,(H,24,26)(H2,21,22,27,28)/t17-/m1/s1. The number of nitrogens with zero attached hydrogens (tertiary/aromatic N) is 1. The summed E-state index contributed by atoms with van der Waals surface area (Å²) in [4.78, 5) is 48.4. The third-order valence-corrected chi connectivity index (χ3v) is 4.14. The van der Waals surface area contributed by atoms with E-state index in [0.29, 0.717) is 22.0 Å². The molecule has 9 heteroatoms. The van der Waals surface area contributed by atoms with Crippen LogP contribution < -0.4 is 16.2 Å². The smallest absolute Gasteiger partial charge is 0.321 e.